The topological polar surface area (TPSA) is 49.2 Å². The molecule has 0 bridgehead atoms. The highest BCUT2D eigenvalue weighted by Gasteiger charge is 2.18. The molecule has 0 saturated carbocycles. The van der Waals surface area contributed by atoms with E-state index in [1.165, 1.54) is 4.90 Å². The molecule has 126 valence electrons. The number of nitrogens with one attached hydrogen (secondary N) is 1. The molecule has 0 unspecified atom stereocenters. The van der Waals surface area contributed by atoms with Crippen LogP contribution in [-0.2, 0) is 4.74 Å². The fourth-order valence-electron chi connectivity index (χ4n) is 1.73. The molecule has 0 atom stereocenters. The molecule has 1 rings (SSSR count). The van der Waals surface area contributed by atoms with E-state index in [9.17, 15) is 4.79 Å². The number of para-hydroxylation sites is 1. The van der Waals surface area contributed by atoms with Crippen LogP contribution in [0.15, 0.2) is 18.2 Å². The van der Waals surface area contributed by atoms with Crippen molar-refractivity contribution in [3.8, 4) is 11.5 Å². The van der Waals surface area contributed by atoms with E-state index in [4.69, 9.17) is 14.2 Å². The van der Waals surface area contributed by atoms with Crippen LogP contribution in [0.4, 0.5) is 0 Å². The summed E-state index contributed by atoms with van der Waals surface area (Å²) in [7, 11) is 5.59. The molecule has 0 spiro atoms. The quantitative estimate of drug-likeness (QED) is 0.428. The van der Waals surface area contributed by atoms with Crippen molar-refractivity contribution < 1.29 is 36.3 Å². The van der Waals surface area contributed by atoms with Gasteiger partial charge in [-0.2, -0.15) is 0 Å². The van der Waals surface area contributed by atoms with Crippen LogP contribution in [0.1, 0.15) is 30.1 Å². The average Bonchev–Trinajstić information content (AvgIpc) is 2.47. The minimum Gasteiger partial charge on any atom is -1.00 e. The van der Waals surface area contributed by atoms with Crippen molar-refractivity contribution in [2.75, 3.05) is 41.0 Å². The molecule has 0 amide bonds. The van der Waals surface area contributed by atoms with Crippen molar-refractivity contribution in [3.63, 3.8) is 0 Å². The van der Waals surface area contributed by atoms with E-state index in [1.807, 2.05) is 14.1 Å². The molecule has 0 heterocycles. The number of esters is 1. The van der Waals surface area contributed by atoms with Gasteiger partial charge in [-0.1, -0.05) is 19.4 Å². The van der Waals surface area contributed by atoms with Crippen LogP contribution in [0.5, 0.6) is 11.5 Å². The lowest BCUT2D eigenvalue weighted by Gasteiger charge is -2.14. The van der Waals surface area contributed by atoms with Gasteiger partial charge in [0.1, 0.15) is 18.7 Å². The summed E-state index contributed by atoms with van der Waals surface area (Å²) in [4.78, 5) is 13.4. The number of unbranched alkanes of at least 4 members (excludes halogenated alkanes) is 1. The van der Waals surface area contributed by atoms with Crippen molar-refractivity contribution in [2.24, 2.45) is 0 Å². The monoisotopic (exact) mass is 331 g/mol. The number of rotatable bonds is 9. The van der Waals surface area contributed by atoms with E-state index >= 15 is 0 Å². The maximum Gasteiger partial charge on any atom is 0.342 e. The van der Waals surface area contributed by atoms with Gasteiger partial charge in [0.05, 0.1) is 27.8 Å². The maximum absolute atomic E-state index is 12.2. The number of methoxy groups -OCH3 is 1. The van der Waals surface area contributed by atoms with Crippen LogP contribution < -0.4 is 26.8 Å². The van der Waals surface area contributed by atoms with Crippen LogP contribution in [0.2, 0.25) is 0 Å². The first-order valence-corrected chi connectivity index (χ1v) is 7.36. The molecule has 22 heavy (non-hydrogen) atoms. The number of benzene rings is 1. The summed E-state index contributed by atoms with van der Waals surface area (Å²) < 4.78 is 16.3. The average molecular weight is 332 g/mol. The van der Waals surface area contributed by atoms with Crippen LogP contribution in [0, 0.1) is 0 Å². The Morgan fingerprint density at radius 2 is 1.95 bits per heavy atom. The standard InChI is InChI=1S/C16H25NO4.ClH/c1-5-6-11-20-15-13(8-7-9-14(15)19-4)16(18)21-12-10-17(2)3;/h7-9H,5-6,10-12H2,1-4H3;1H. The SMILES string of the molecule is CCCCOc1c(OC)cccc1C(=O)OCC[NH+](C)C.[Cl-]. The maximum atomic E-state index is 12.2. The van der Waals surface area contributed by atoms with E-state index in [-0.39, 0.29) is 18.4 Å². The van der Waals surface area contributed by atoms with Crippen molar-refractivity contribution in [3.05, 3.63) is 23.8 Å². The third-order valence-corrected chi connectivity index (χ3v) is 3.00. The van der Waals surface area contributed by atoms with Gasteiger partial charge in [0, 0.05) is 0 Å². The number of hydrogen-bond donors (Lipinski definition) is 1. The van der Waals surface area contributed by atoms with Gasteiger partial charge in [-0.3, -0.25) is 0 Å². The molecule has 0 aliphatic heterocycles. The minimum absolute atomic E-state index is 0. The summed E-state index contributed by atoms with van der Waals surface area (Å²) in [6.07, 6.45) is 1.96. The molecular weight excluding hydrogens is 306 g/mol. The molecule has 5 nitrogen and oxygen atoms in total. The zero-order valence-electron chi connectivity index (χ0n) is 13.8. The Balaban J connectivity index is 0.00000441. The lowest BCUT2D eigenvalue weighted by Crippen LogP contribution is -3.06. The van der Waals surface area contributed by atoms with Crippen LogP contribution in [-0.4, -0.2) is 46.9 Å². The summed E-state index contributed by atoms with van der Waals surface area (Å²) in [5, 5.41) is 0. The van der Waals surface area contributed by atoms with Gasteiger partial charge in [0.25, 0.3) is 0 Å². The Bertz CT molecular complexity index is 452. The van der Waals surface area contributed by atoms with Gasteiger partial charge in [0.15, 0.2) is 11.5 Å². The molecule has 1 aromatic carbocycles. The van der Waals surface area contributed by atoms with Crippen molar-refractivity contribution in [2.45, 2.75) is 19.8 Å². The fourth-order valence-corrected chi connectivity index (χ4v) is 1.73. The van der Waals surface area contributed by atoms with E-state index < -0.39 is 0 Å². The first kappa shape index (κ1) is 20.5. The highest BCUT2D eigenvalue weighted by molar-refractivity contribution is 5.93. The Labute approximate surface area is 138 Å². The van der Waals surface area contributed by atoms with Gasteiger partial charge < -0.3 is 31.5 Å². The lowest BCUT2D eigenvalue weighted by molar-refractivity contribution is -0.858. The number of carbonyl (C=O) groups is 1. The minimum atomic E-state index is -0.373. The Kier molecular flexibility index (Phi) is 10.4. The smallest absolute Gasteiger partial charge is 0.342 e. The second-order valence-corrected chi connectivity index (χ2v) is 5.13. The zero-order chi connectivity index (χ0) is 15.7. The largest absolute Gasteiger partial charge is 1.00 e. The molecule has 0 aliphatic rings. The third-order valence-electron chi connectivity index (χ3n) is 3.00. The lowest BCUT2D eigenvalue weighted by atomic mass is 10.2. The van der Waals surface area contributed by atoms with Gasteiger partial charge in [-0.25, -0.2) is 4.79 Å². The highest BCUT2D eigenvalue weighted by Crippen LogP contribution is 2.31. The Hall–Kier alpha value is -1.46. The van der Waals surface area contributed by atoms with Gasteiger partial charge in [0.2, 0.25) is 0 Å². The van der Waals surface area contributed by atoms with Crippen molar-refractivity contribution in [1.82, 2.24) is 0 Å². The molecule has 1 aromatic rings. The molecule has 1 N–H and O–H groups in total. The summed E-state index contributed by atoms with van der Waals surface area (Å²) in [5.41, 5.74) is 0.416. The van der Waals surface area contributed by atoms with Crippen LogP contribution >= 0.6 is 0 Å². The molecule has 0 saturated heterocycles. The van der Waals surface area contributed by atoms with Crippen molar-refractivity contribution in [1.29, 1.82) is 0 Å². The molecule has 0 aromatic heterocycles. The number of halogens is 1. The predicted octanol–water partition coefficient (Wildman–Crippen LogP) is -1.82. The number of ether oxygens (including phenoxy) is 3. The first-order valence-electron chi connectivity index (χ1n) is 7.36. The van der Waals surface area contributed by atoms with Crippen molar-refractivity contribution >= 4 is 5.97 Å². The second kappa shape index (κ2) is 11.2. The zero-order valence-corrected chi connectivity index (χ0v) is 14.5. The molecule has 0 fully saturated rings. The molecule has 6 heteroatoms. The molecule has 0 radical (unpaired) electrons. The van der Waals surface area contributed by atoms with E-state index in [0.717, 1.165) is 19.4 Å². The van der Waals surface area contributed by atoms with Gasteiger partial charge in [-0.05, 0) is 18.6 Å². The molecule has 0 aliphatic carbocycles. The normalized spacial score (nSPS) is 10.0. The summed E-state index contributed by atoms with van der Waals surface area (Å²) in [6, 6.07) is 5.25. The number of hydrogen-bond acceptors (Lipinski definition) is 4. The number of likely N-dealkylation sites (N-methyl/N-ethyl adjacent to an activating group) is 1. The van der Waals surface area contributed by atoms with Gasteiger partial charge in [-0.15, -0.1) is 0 Å². The summed E-state index contributed by atoms with van der Waals surface area (Å²) in [6.45, 7) is 3.79. The van der Waals surface area contributed by atoms with E-state index in [2.05, 4.69) is 6.92 Å². The number of quaternary nitrogens is 1. The second-order valence-electron chi connectivity index (χ2n) is 5.13. The Morgan fingerprint density at radius 3 is 2.55 bits per heavy atom. The molecular formula is C16H26ClNO4. The summed E-state index contributed by atoms with van der Waals surface area (Å²) >= 11 is 0. The van der Waals surface area contributed by atoms with Gasteiger partial charge >= 0.3 is 5.97 Å². The van der Waals surface area contributed by atoms with E-state index in [0.29, 0.717) is 30.3 Å². The van der Waals surface area contributed by atoms with Crippen LogP contribution in [0.3, 0.4) is 0 Å². The Morgan fingerprint density at radius 1 is 1.23 bits per heavy atom. The first-order chi connectivity index (χ1) is 10.1. The number of carbonyl (C=O) groups excluding carboxylic acids is 1. The van der Waals surface area contributed by atoms with E-state index in [1.54, 1.807) is 25.3 Å². The predicted molar refractivity (Wildman–Crippen MR) is 81.4 cm³/mol. The summed E-state index contributed by atoms with van der Waals surface area (Å²) in [5.74, 6) is 0.649. The van der Waals surface area contributed by atoms with Crippen LogP contribution in [0.25, 0.3) is 0 Å². The third kappa shape index (κ3) is 6.54. The fraction of sp³-hybridized carbons (Fsp3) is 0.562. The highest BCUT2D eigenvalue weighted by atomic mass is 35.5.